The van der Waals surface area contributed by atoms with Crippen LogP contribution in [-0.4, -0.2) is 47.8 Å². The molecule has 2 aromatic rings. The Kier molecular flexibility index (Phi) is 4.14. The van der Waals surface area contributed by atoms with Gasteiger partial charge in [-0.3, -0.25) is 9.59 Å². The maximum Gasteiger partial charge on any atom is 0.289 e. The van der Waals surface area contributed by atoms with Gasteiger partial charge in [-0.05, 0) is 37.3 Å². The summed E-state index contributed by atoms with van der Waals surface area (Å²) in [7, 11) is 0. The number of hydrogen-bond donors (Lipinski definition) is 0. The van der Waals surface area contributed by atoms with E-state index in [0.717, 1.165) is 0 Å². The largest absolute Gasteiger partial charge is 0.456 e. The maximum absolute atomic E-state index is 13.2. The Bertz CT molecular complexity index is 733. The Balaban J connectivity index is 1.62. The Morgan fingerprint density at radius 2 is 1.65 bits per heavy atom. The number of hydrogen-bond acceptors (Lipinski definition) is 3. The molecule has 1 aliphatic rings. The van der Waals surface area contributed by atoms with Crippen molar-refractivity contribution >= 4 is 11.8 Å². The lowest BCUT2D eigenvalue weighted by Crippen LogP contribution is -2.50. The van der Waals surface area contributed by atoms with Crippen LogP contribution in [0.1, 0.15) is 26.7 Å². The number of rotatable bonds is 2. The van der Waals surface area contributed by atoms with Gasteiger partial charge in [-0.2, -0.15) is 0 Å². The molecule has 0 saturated carbocycles. The molecule has 23 heavy (non-hydrogen) atoms. The predicted octanol–water partition coefficient (Wildman–Crippen LogP) is 2.33. The smallest absolute Gasteiger partial charge is 0.289 e. The van der Waals surface area contributed by atoms with Crippen molar-refractivity contribution in [3.63, 3.8) is 0 Å². The van der Waals surface area contributed by atoms with E-state index in [-0.39, 0.29) is 11.8 Å². The van der Waals surface area contributed by atoms with E-state index in [1.165, 1.54) is 18.2 Å². The molecule has 5 nitrogen and oxygen atoms in total. The molecule has 1 aliphatic heterocycles. The van der Waals surface area contributed by atoms with Crippen molar-refractivity contribution in [3.8, 4) is 0 Å². The van der Waals surface area contributed by atoms with Gasteiger partial charge in [0.25, 0.3) is 11.8 Å². The number of piperazine rings is 1. The summed E-state index contributed by atoms with van der Waals surface area (Å²) >= 11 is 0. The highest BCUT2D eigenvalue weighted by atomic mass is 19.1. The van der Waals surface area contributed by atoms with E-state index in [0.29, 0.717) is 43.3 Å². The molecule has 0 radical (unpaired) electrons. The Morgan fingerprint density at radius 1 is 1.00 bits per heavy atom. The van der Waals surface area contributed by atoms with Gasteiger partial charge in [0.15, 0.2) is 5.76 Å². The highest BCUT2D eigenvalue weighted by Crippen LogP contribution is 2.14. The van der Waals surface area contributed by atoms with Gasteiger partial charge in [-0.1, -0.05) is 6.07 Å². The molecular formula is C17H17FN2O3. The average molecular weight is 316 g/mol. The van der Waals surface area contributed by atoms with Crippen molar-refractivity contribution in [2.45, 2.75) is 6.92 Å². The SMILES string of the molecule is Cc1ccc(C(=O)N2CCN(C(=O)c3cccc(F)c3)CC2)o1. The molecule has 6 heteroatoms. The number of carbonyl (C=O) groups excluding carboxylic acids is 2. The molecule has 0 spiro atoms. The van der Waals surface area contributed by atoms with Crippen LogP contribution in [0.3, 0.4) is 0 Å². The molecule has 0 aliphatic carbocycles. The van der Waals surface area contributed by atoms with Gasteiger partial charge in [0.05, 0.1) is 0 Å². The summed E-state index contributed by atoms with van der Waals surface area (Å²) in [6, 6.07) is 9.04. The summed E-state index contributed by atoms with van der Waals surface area (Å²) in [6.07, 6.45) is 0. The molecule has 1 saturated heterocycles. The van der Waals surface area contributed by atoms with Crippen molar-refractivity contribution in [1.82, 2.24) is 9.80 Å². The highest BCUT2D eigenvalue weighted by Gasteiger charge is 2.26. The first-order valence-corrected chi connectivity index (χ1v) is 7.45. The summed E-state index contributed by atoms with van der Waals surface area (Å²) in [4.78, 5) is 27.9. The van der Waals surface area contributed by atoms with Crippen LogP contribution in [-0.2, 0) is 0 Å². The topological polar surface area (TPSA) is 53.8 Å². The molecule has 2 amide bonds. The number of aryl methyl sites for hydroxylation is 1. The minimum absolute atomic E-state index is 0.170. The van der Waals surface area contributed by atoms with E-state index in [9.17, 15) is 14.0 Å². The zero-order chi connectivity index (χ0) is 16.4. The monoisotopic (exact) mass is 316 g/mol. The van der Waals surface area contributed by atoms with Gasteiger partial charge in [-0.25, -0.2) is 4.39 Å². The highest BCUT2D eigenvalue weighted by molar-refractivity contribution is 5.95. The van der Waals surface area contributed by atoms with E-state index < -0.39 is 5.82 Å². The molecule has 3 rings (SSSR count). The van der Waals surface area contributed by atoms with E-state index in [4.69, 9.17) is 4.42 Å². The Hall–Kier alpha value is -2.63. The van der Waals surface area contributed by atoms with Crippen molar-refractivity contribution in [2.75, 3.05) is 26.2 Å². The lowest BCUT2D eigenvalue weighted by Gasteiger charge is -2.34. The molecule has 1 aromatic carbocycles. The minimum Gasteiger partial charge on any atom is -0.456 e. The molecular weight excluding hydrogens is 299 g/mol. The van der Waals surface area contributed by atoms with Crippen LogP contribution in [0.15, 0.2) is 40.8 Å². The first-order valence-electron chi connectivity index (χ1n) is 7.45. The van der Waals surface area contributed by atoms with Crippen molar-refractivity contribution < 1.29 is 18.4 Å². The fraction of sp³-hybridized carbons (Fsp3) is 0.294. The quantitative estimate of drug-likeness (QED) is 0.854. The minimum atomic E-state index is -0.433. The van der Waals surface area contributed by atoms with Crippen LogP contribution < -0.4 is 0 Å². The van der Waals surface area contributed by atoms with Gasteiger partial charge in [0.1, 0.15) is 11.6 Å². The fourth-order valence-corrected chi connectivity index (χ4v) is 2.62. The van der Waals surface area contributed by atoms with Crippen LogP contribution in [0.4, 0.5) is 4.39 Å². The van der Waals surface area contributed by atoms with Crippen molar-refractivity contribution in [1.29, 1.82) is 0 Å². The normalized spacial score (nSPS) is 14.9. The second-order valence-corrected chi connectivity index (χ2v) is 5.51. The maximum atomic E-state index is 13.2. The first kappa shape index (κ1) is 15.3. The van der Waals surface area contributed by atoms with Gasteiger partial charge in [0.2, 0.25) is 0 Å². The third-order valence-electron chi connectivity index (χ3n) is 3.88. The number of nitrogens with zero attached hydrogens (tertiary/aromatic N) is 2. The lowest BCUT2D eigenvalue weighted by molar-refractivity contribution is 0.0517. The molecule has 1 aromatic heterocycles. The summed E-state index contributed by atoms with van der Waals surface area (Å²) in [5, 5.41) is 0. The van der Waals surface area contributed by atoms with Gasteiger partial charge in [-0.15, -0.1) is 0 Å². The zero-order valence-corrected chi connectivity index (χ0v) is 12.8. The van der Waals surface area contributed by atoms with Crippen LogP contribution in [0.2, 0.25) is 0 Å². The Morgan fingerprint density at radius 3 is 2.22 bits per heavy atom. The molecule has 0 atom stereocenters. The van der Waals surface area contributed by atoms with E-state index in [1.54, 1.807) is 34.9 Å². The molecule has 2 heterocycles. The standard InChI is InChI=1S/C17H17FN2O3/c1-12-5-6-15(23-12)17(22)20-9-7-19(8-10-20)16(21)13-3-2-4-14(18)11-13/h2-6,11H,7-10H2,1H3. The van der Waals surface area contributed by atoms with E-state index in [2.05, 4.69) is 0 Å². The van der Waals surface area contributed by atoms with Crippen LogP contribution in [0.5, 0.6) is 0 Å². The zero-order valence-electron chi connectivity index (χ0n) is 12.8. The summed E-state index contributed by atoms with van der Waals surface area (Å²) in [5.41, 5.74) is 0.325. The molecule has 1 fully saturated rings. The molecule has 0 unspecified atom stereocenters. The third-order valence-corrected chi connectivity index (χ3v) is 3.88. The summed E-state index contributed by atoms with van der Waals surface area (Å²) in [6.45, 7) is 3.48. The Labute approximate surface area is 133 Å². The van der Waals surface area contributed by atoms with Crippen molar-refractivity contribution in [2.24, 2.45) is 0 Å². The van der Waals surface area contributed by atoms with Crippen molar-refractivity contribution in [3.05, 3.63) is 59.3 Å². The number of carbonyl (C=O) groups is 2. The third kappa shape index (κ3) is 3.26. The van der Waals surface area contributed by atoms with Crippen LogP contribution in [0, 0.1) is 12.7 Å². The van der Waals surface area contributed by atoms with Gasteiger partial charge >= 0.3 is 0 Å². The first-order chi connectivity index (χ1) is 11.0. The number of benzene rings is 1. The second-order valence-electron chi connectivity index (χ2n) is 5.51. The predicted molar refractivity (Wildman–Crippen MR) is 81.7 cm³/mol. The number of amides is 2. The van der Waals surface area contributed by atoms with Crippen LogP contribution in [0.25, 0.3) is 0 Å². The van der Waals surface area contributed by atoms with Gasteiger partial charge in [0, 0.05) is 31.7 Å². The summed E-state index contributed by atoms with van der Waals surface area (Å²) in [5.74, 6) is 0.180. The van der Waals surface area contributed by atoms with E-state index in [1.807, 2.05) is 0 Å². The fourth-order valence-electron chi connectivity index (χ4n) is 2.62. The van der Waals surface area contributed by atoms with Crippen LogP contribution >= 0.6 is 0 Å². The molecule has 120 valence electrons. The number of furan rings is 1. The number of halogens is 1. The van der Waals surface area contributed by atoms with Gasteiger partial charge < -0.3 is 14.2 Å². The average Bonchev–Trinajstić information content (AvgIpc) is 3.00. The molecule has 0 N–H and O–H groups in total. The second kappa shape index (κ2) is 6.24. The van der Waals surface area contributed by atoms with E-state index >= 15 is 0 Å². The molecule has 0 bridgehead atoms. The summed E-state index contributed by atoms with van der Waals surface area (Å²) < 4.78 is 18.6. The lowest BCUT2D eigenvalue weighted by atomic mass is 10.1.